The Morgan fingerprint density at radius 2 is 1.08 bits per heavy atom. The Labute approximate surface area is 152 Å². The van der Waals surface area contributed by atoms with Crippen LogP contribution in [0, 0.1) is 0 Å². The second kappa shape index (κ2) is 8.81. The molecule has 6 heteroatoms. The smallest absolute Gasteiger partial charge is 0.253 e. The van der Waals surface area contributed by atoms with Crippen molar-refractivity contribution in [2.45, 2.75) is 12.8 Å². The highest BCUT2D eigenvalue weighted by molar-refractivity contribution is 7.99. The number of thioether (sulfide) groups is 2. The van der Waals surface area contributed by atoms with E-state index in [1.54, 1.807) is 24.3 Å². The molecule has 24 heavy (non-hydrogen) atoms. The van der Waals surface area contributed by atoms with Gasteiger partial charge in [0.15, 0.2) is 0 Å². The lowest BCUT2D eigenvalue weighted by atomic mass is 10.1. The minimum Gasteiger partial charge on any atom is -0.338 e. The van der Waals surface area contributed by atoms with Gasteiger partial charge in [0, 0.05) is 48.8 Å². The van der Waals surface area contributed by atoms with Gasteiger partial charge in [-0.25, -0.2) is 0 Å². The van der Waals surface area contributed by atoms with Gasteiger partial charge in [-0.15, -0.1) is 0 Å². The van der Waals surface area contributed by atoms with E-state index in [-0.39, 0.29) is 11.8 Å². The maximum Gasteiger partial charge on any atom is 0.253 e. The van der Waals surface area contributed by atoms with Crippen molar-refractivity contribution in [3.63, 3.8) is 0 Å². The first kappa shape index (κ1) is 17.7. The molecule has 0 spiro atoms. The Morgan fingerprint density at radius 1 is 0.667 bits per heavy atom. The monoisotopic (exact) mass is 364 g/mol. The molecule has 2 saturated heterocycles. The Balaban J connectivity index is 1.65. The zero-order chi connectivity index (χ0) is 16.8. The summed E-state index contributed by atoms with van der Waals surface area (Å²) in [5, 5.41) is 0. The second-order valence-electron chi connectivity index (χ2n) is 6.09. The highest BCUT2D eigenvalue weighted by Gasteiger charge is 2.20. The van der Waals surface area contributed by atoms with Gasteiger partial charge in [-0.3, -0.25) is 9.59 Å². The van der Waals surface area contributed by atoms with Crippen molar-refractivity contribution in [2.75, 3.05) is 49.2 Å². The molecule has 0 saturated carbocycles. The van der Waals surface area contributed by atoms with Crippen LogP contribution in [0.3, 0.4) is 0 Å². The molecule has 1 aromatic rings. The second-order valence-corrected chi connectivity index (χ2v) is 8.54. The molecule has 2 heterocycles. The van der Waals surface area contributed by atoms with Crippen LogP contribution in [0.25, 0.3) is 0 Å². The van der Waals surface area contributed by atoms with Gasteiger partial charge < -0.3 is 9.80 Å². The lowest BCUT2D eigenvalue weighted by Gasteiger charge is -2.21. The summed E-state index contributed by atoms with van der Waals surface area (Å²) in [5.41, 5.74) is 1.37. The average molecular weight is 365 g/mol. The molecule has 2 aliphatic heterocycles. The zero-order valence-corrected chi connectivity index (χ0v) is 15.5. The van der Waals surface area contributed by atoms with Crippen molar-refractivity contribution in [1.29, 1.82) is 0 Å². The van der Waals surface area contributed by atoms with Gasteiger partial charge in [-0.1, -0.05) is 0 Å². The Kier molecular flexibility index (Phi) is 6.49. The number of rotatable bonds is 2. The summed E-state index contributed by atoms with van der Waals surface area (Å²) in [6, 6.07) is 7.22. The van der Waals surface area contributed by atoms with Crippen LogP contribution >= 0.6 is 23.5 Å². The minimum atomic E-state index is 0.0858. The number of amides is 2. The Bertz CT molecular complexity index is 510. The normalized spacial score (nSPS) is 19.5. The van der Waals surface area contributed by atoms with Crippen molar-refractivity contribution in [2.24, 2.45) is 0 Å². The summed E-state index contributed by atoms with van der Waals surface area (Å²) >= 11 is 3.82. The Hall–Kier alpha value is -1.14. The number of hydrogen-bond donors (Lipinski definition) is 0. The molecule has 0 radical (unpaired) electrons. The standard InChI is InChI=1S/C18H24N2O2S2/c21-17(19-7-1-11-23-13-9-19)15-3-5-16(6-4-15)18(22)20-8-2-12-24-14-10-20/h3-6H,1-2,7-14H2. The molecule has 0 aliphatic carbocycles. The SMILES string of the molecule is O=C(c1ccc(C(=O)N2CCCSCC2)cc1)N1CCCSCC1. The summed E-state index contributed by atoms with van der Waals surface area (Å²) in [4.78, 5) is 29.1. The zero-order valence-electron chi connectivity index (χ0n) is 13.9. The van der Waals surface area contributed by atoms with Crippen molar-refractivity contribution in [3.8, 4) is 0 Å². The van der Waals surface area contributed by atoms with Crippen LogP contribution in [0.2, 0.25) is 0 Å². The van der Waals surface area contributed by atoms with E-state index in [0.717, 1.165) is 62.0 Å². The van der Waals surface area contributed by atoms with Crippen LogP contribution < -0.4 is 0 Å². The van der Waals surface area contributed by atoms with E-state index in [4.69, 9.17) is 0 Å². The molecule has 0 N–H and O–H groups in total. The molecular formula is C18H24N2O2S2. The van der Waals surface area contributed by atoms with Crippen LogP contribution in [0.5, 0.6) is 0 Å². The molecule has 4 nitrogen and oxygen atoms in total. The van der Waals surface area contributed by atoms with E-state index >= 15 is 0 Å². The molecule has 0 bridgehead atoms. The molecule has 0 aromatic heterocycles. The molecule has 0 atom stereocenters. The van der Waals surface area contributed by atoms with E-state index < -0.39 is 0 Å². The summed E-state index contributed by atoms with van der Waals surface area (Å²) in [5.74, 6) is 4.45. The number of hydrogen-bond acceptors (Lipinski definition) is 4. The molecule has 0 unspecified atom stereocenters. The van der Waals surface area contributed by atoms with Gasteiger partial charge in [0.05, 0.1) is 0 Å². The molecule has 2 amide bonds. The van der Waals surface area contributed by atoms with Crippen molar-refractivity contribution in [3.05, 3.63) is 35.4 Å². The first-order chi connectivity index (χ1) is 11.8. The van der Waals surface area contributed by atoms with Gasteiger partial charge in [0.25, 0.3) is 11.8 Å². The van der Waals surface area contributed by atoms with E-state index in [0.29, 0.717) is 11.1 Å². The molecule has 2 aliphatic rings. The minimum absolute atomic E-state index is 0.0858. The van der Waals surface area contributed by atoms with Crippen molar-refractivity contribution in [1.82, 2.24) is 9.80 Å². The fourth-order valence-electron chi connectivity index (χ4n) is 3.02. The van der Waals surface area contributed by atoms with Crippen LogP contribution in [-0.2, 0) is 0 Å². The molecule has 2 fully saturated rings. The fraction of sp³-hybridized carbons (Fsp3) is 0.556. The van der Waals surface area contributed by atoms with Crippen molar-refractivity contribution < 1.29 is 9.59 Å². The lowest BCUT2D eigenvalue weighted by molar-refractivity contribution is 0.0756. The van der Waals surface area contributed by atoms with Gasteiger partial charge in [-0.2, -0.15) is 23.5 Å². The Morgan fingerprint density at radius 3 is 1.50 bits per heavy atom. The molecule has 3 rings (SSSR count). The van der Waals surface area contributed by atoms with E-state index in [2.05, 4.69) is 0 Å². The summed E-state index contributed by atoms with van der Waals surface area (Å²) in [6.45, 7) is 3.29. The highest BCUT2D eigenvalue weighted by atomic mass is 32.2. The third kappa shape index (κ3) is 4.48. The summed E-state index contributed by atoms with van der Waals surface area (Å²) in [7, 11) is 0. The van der Waals surface area contributed by atoms with E-state index in [1.807, 2.05) is 33.3 Å². The van der Waals surface area contributed by atoms with Gasteiger partial charge >= 0.3 is 0 Å². The maximum absolute atomic E-state index is 12.6. The van der Waals surface area contributed by atoms with Crippen LogP contribution in [0.15, 0.2) is 24.3 Å². The lowest BCUT2D eigenvalue weighted by Crippen LogP contribution is -2.34. The number of benzene rings is 1. The highest BCUT2D eigenvalue weighted by Crippen LogP contribution is 2.16. The van der Waals surface area contributed by atoms with Gasteiger partial charge in [0.1, 0.15) is 0 Å². The van der Waals surface area contributed by atoms with E-state index in [9.17, 15) is 9.59 Å². The fourth-order valence-corrected chi connectivity index (χ4v) is 4.79. The van der Waals surface area contributed by atoms with Crippen LogP contribution in [0.4, 0.5) is 0 Å². The predicted octanol–water partition coefficient (Wildman–Crippen LogP) is 2.84. The summed E-state index contributed by atoms with van der Waals surface area (Å²) in [6.07, 6.45) is 2.11. The molecule has 130 valence electrons. The molecular weight excluding hydrogens is 340 g/mol. The third-order valence-corrected chi connectivity index (χ3v) is 6.49. The van der Waals surface area contributed by atoms with Crippen LogP contribution in [-0.4, -0.2) is 70.8 Å². The first-order valence-corrected chi connectivity index (χ1v) is 10.9. The third-order valence-electron chi connectivity index (χ3n) is 4.40. The quantitative estimate of drug-likeness (QED) is 0.809. The number of nitrogens with zero attached hydrogens (tertiary/aromatic N) is 2. The topological polar surface area (TPSA) is 40.6 Å². The van der Waals surface area contributed by atoms with E-state index in [1.165, 1.54) is 0 Å². The predicted molar refractivity (Wildman–Crippen MR) is 102 cm³/mol. The largest absolute Gasteiger partial charge is 0.338 e. The number of carbonyl (C=O) groups excluding carboxylic acids is 2. The number of carbonyl (C=O) groups is 2. The first-order valence-electron chi connectivity index (χ1n) is 8.60. The van der Waals surface area contributed by atoms with Crippen LogP contribution in [0.1, 0.15) is 33.6 Å². The van der Waals surface area contributed by atoms with Gasteiger partial charge in [-0.05, 0) is 48.6 Å². The average Bonchev–Trinajstić information content (AvgIpc) is 3.06. The summed E-state index contributed by atoms with van der Waals surface area (Å²) < 4.78 is 0. The maximum atomic E-state index is 12.6. The molecule has 1 aromatic carbocycles. The van der Waals surface area contributed by atoms with Crippen molar-refractivity contribution >= 4 is 35.3 Å². The van der Waals surface area contributed by atoms with Gasteiger partial charge in [0.2, 0.25) is 0 Å².